The lowest BCUT2D eigenvalue weighted by molar-refractivity contribution is 0.0506. The minimum absolute atomic E-state index is 0.00978. The number of carbonyl (C=O) groups is 1. The fraction of sp³-hybridized carbons (Fsp3) is 0.458. The smallest absolute Gasteiger partial charge is 0.254 e. The van der Waals surface area contributed by atoms with Crippen molar-refractivity contribution in [2.45, 2.75) is 51.2 Å². The van der Waals surface area contributed by atoms with Crippen molar-refractivity contribution in [2.75, 3.05) is 26.2 Å². The Hall–Kier alpha value is -2.22. The van der Waals surface area contributed by atoms with Gasteiger partial charge in [0.15, 0.2) is 0 Å². The van der Waals surface area contributed by atoms with Crippen molar-refractivity contribution in [2.24, 2.45) is 0 Å². The van der Waals surface area contributed by atoms with Gasteiger partial charge in [0, 0.05) is 38.3 Å². The average molecular weight is 445 g/mol. The molecule has 1 heterocycles. The Morgan fingerprint density at radius 2 is 1.81 bits per heavy atom. The van der Waals surface area contributed by atoms with E-state index in [9.17, 15) is 13.2 Å². The third-order valence-electron chi connectivity index (χ3n) is 5.73. The number of aryl methyl sites for hydroxylation is 1. The van der Waals surface area contributed by atoms with Crippen LogP contribution >= 0.6 is 0 Å². The van der Waals surface area contributed by atoms with E-state index in [-0.39, 0.29) is 16.9 Å². The summed E-state index contributed by atoms with van der Waals surface area (Å²) in [4.78, 5) is 15.5. The van der Waals surface area contributed by atoms with Crippen LogP contribution in [0, 0.1) is 6.92 Å². The lowest BCUT2D eigenvalue weighted by Gasteiger charge is -2.27. The fourth-order valence-electron chi connectivity index (χ4n) is 3.93. The van der Waals surface area contributed by atoms with Crippen molar-refractivity contribution < 1.29 is 17.9 Å². The first-order valence-electron chi connectivity index (χ1n) is 10.9. The quantitative estimate of drug-likeness (QED) is 0.589. The normalized spacial score (nSPS) is 16.6. The number of hydrogen-bond donors (Lipinski definition) is 0. The molecule has 7 heteroatoms. The highest BCUT2D eigenvalue weighted by Gasteiger charge is 2.27. The van der Waals surface area contributed by atoms with Crippen LogP contribution in [0.3, 0.4) is 0 Å². The summed E-state index contributed by atoms with van der Waals surface area (Å²) >= 11 is 0. The molecule has 6 nitrogen and oxygen atoms in total. The first kappa shape index (κ1) is 23.4. The van der Waals surface area contributed by atoms with E-state index in [4.69, 9.17) is 4.74 Å². The molecule has 0 aromatic heterocycles. The molecule has 0 spiro atoms. The van der Waals surface area contributed by atoms with Crippen molar-refractivity contribution >= 4 is 15.9 Å². The van der Waals surface area contributed by atoms with Crippen LogP contribution in [0.2, 0.25) is 0 Å². The standard InChI is InChI=1S/C24H32N2O4S/c1-4-26(5-2)31(28,29)22-14-13-19(3)23(16-22)24(27)25(18-21-12-9-15-30-21)17-20-10-7-6-8-11-20/h6-8,10-11,13-14,16,21H,4-5,9,12,15,17-18H2,1-3H3. The number of rotatable bonds is 9. The Kier molecular flexibility index (Phi) is 7.86. The number of carbonyl (C=O) groups excluding carboxylic acids is 1. The molecule has 1 atom stereocenters. The minimum Gasteiger partial charge on any atom is -0.376 e. The molecule has 1 unspecified atom stereocenters. The molecule has 3 rings (SSSR count). The molecule has 0 bridgehead atoms. The number of sulfonamides is 1. The molecule has 2 aromatic rings. The lowest BCUT2D eigenvalue weighted by atomic mass is 10.1. The summed E-state index contributed by atoms with van der Waals surface area (Å²) in [6, 6.07) is 14.7. The van der Waals surface area contributed by atoms with Crippen LogP contribution in [0.4, 0.5) is 0 Å². The highest BCUT2D eigenvalue weighted by Crippen LogP contribution is 2.23. The van der Waals surface area contributed by atoms with Gasteiger partial charge in [-0.2, -0.15) is 4.31 Å². The highest BCUT2D eigenvalue weighted by molar-refractivity contribution is 7.89. The van der Waals surface area contributed by atoms with Crippen LogP contribution < -0.4 is 0 Å². The van der Waals surface area contributed by atoms with E-state index in [1.165, 1.54) is 10.4 Å². The predicted molar refractivity (Wildman–Crippen MR) is 121 cm³/mol. The monoisotopic (exact) mass is 444 g/mol. The summed E-state index contributed by atoms with van der Waals surface area (Å²) in [7, 11) is -3.64. The van der Waals surface area contributed by atoms with Gasteiger partial charge in [0.05, 0.1) is 11.0 Å². The van der Waals surface area contributed by atoms with Crippen molar-refractivity contribution in [3.63, 3.8) is 0 Å². The van der Waals surface area contributed by atoms with Crippen LogP contribution in [0.1, 0.15) is 48.2 Å². The maximum absolute atomic E-state index is 13.6. The second-order valence-corrected chi connectivity index (χ2v) is 9.81. The molecule has 31 heavy (non-hydrogen) atoms. The highest BCUT2D eigenvalue weighted by atomic mass is 32.2. The molecule has 168 valence electrons. The summed E-state index contributed by atoms with van der Waals surface area (Å²) in [5.74, 6) is -0.173. The molecule has 1 aliphatic rings. The van der Waals surface area contributed by atoms with Crippen LogP contribution in [-0.2, 0) is 21.3 Å². The molecular weight excluding hydrogens is 412 g/mol. The van der Waals surface area contributed by atoms with E-state index in [2.05, 4.69) is 0 Å². The zero-order valence-corrected chi connectivity index (χ0v) is 19.4. The Labute approximate surface area is 185 Å². The summed E-state index contributed by atoms with van der Waals surface area (Å²) in [5.41, 5.74) is 2.20. The van der Waals surface area contributed by atoms with Gasteiger partial charge in [-0.25, -0.2) is 8.42 Å². The average Bonchev–Trinajstić information content (AvgIpc) is 3.27. The molecular formula is C24H32N2O4S. The number of hydrogen-bond acceptors (Lipinski definition) is 4. The molecule has 1 aliphatic heterocycles. The van der Waals surface area contributed by atoms with Gasteiger partial charge in [-0.3, -0.25) is 4.79 Å². The van der Waals surface area contributed by atoms with Gasteiger partial charge in [-0.1, -0.05) is 50.2 Å². The van der Waals surface area contributed by atoms with Gasteiger partial charge in [-0.15, -0.1) is 0 Å². The summed E-state index contributed by atoms with van der Waals surface area (Å²) in [5, 5.41) is 0. The fourth-order valence-corrected chi connectivity index (χ4v) is 5.42. The molecule has 0 radical (unpaired) electrons. The minimum atomic E-state index is -3.64. The summed E-state index contributed by atoms with van der Waals surface area (Å²) in [6.45, 7) is 7.88. The number of benzene rings is 2. The maximum Gasteiger partial charge on any atom is 0.254 e. The van der Waals surface area contributed by atoms with Crippen LogP contribution in [-0.4, -0.2) is 55.9 Å². The zero-order valence-electron chi connectivity index (χ0n) is 18.6. The van der Waals surface area contributed by atoms with Gasteiger partial charge in [-0.05, 0) is 43.0 Å². The number of amides is 1. The first-order chi connectivity index (χ1) is 14.9. The zero-order chi connectivity index (χ0) is 22.4. The molecule has 1 fully saturated rings. The van der Waals surface area contributed by atoms with Crippen molar-refractivity contribution in [3.05, 3.63) is 65.2 Å². The van der Waals surface area contributed by atoms with Gasteiger partial charge < -0.3 is 9.64 Å². The van der Waals surface area contributed by atoms with Gasteiger partial charge in [0.25, 0.3) is 5.91 Å². The number of nitrogens with zero attached hydrogens (tertiary/aromatic N) is 2. The lowest BCUT2D eigenvalue weighted by Crippen LogP contribution is -2.37. The topological polar surface area (TPSA) is 66.9 Å². The van der Waals surface area contributed by atoms with Gasteiger partial charge in [0.2, 0.25) is 10.0 Å². The van der Waals surface area contributed by atoms with E-state index in [1.54, 1.807) is 17.0 Å². The Morgan fingerprint density at radius 1 is 1.10 bits per heavy atom. The van der Waals surface area contributed by atoms with Gasteiger partial charge >= 0.3 is 0 Å². The second kappa shape index (κ2) is 10.4. The maximum atomic E-state index is 13.6. The van der Waals surface area contributed by atoms with Crippen LogP contribution in [0.25, 0.3) is 0 Å². The third kappa shape index (κ3) is 5.53. The Bertz CT molecular complexity index is 982. The first-order valence-corrected chi connectivity index (χ1v) is 12.4. The van der Waals surface area contributed by atoms with E-state index < -0.39 is 10.0 Å². The molecule has 0 N–H and O–H groups in total. The van der Waals surface area contributed by atoms with Gasteiger partial charge in [0.1, 0.15) is 0 Å². The van der Waals surface area contributed by atoms with E-state index in [0.717, 1.165) is 24.0 Å². The predicted octanol–water partition coefficient (Wildman–Crippen LogP) is 3.85. The molecule has 1 saturated heterocycles. The molecule has 2 aromatic carbocycles. The Morgan fingerprint density at radius 3 is 2.42 bits per heavy atom. The Balaban J connectivity index is 1.94. The van der Waals surface area contributed by atoms with Crippen LogP contribution in [0.5, 0.6) is 0 Å². The van der Waals surface area contributed by atoms with Crippen LogP contribution in [0.15, 0.2) is 53.4 Å². The van der Waals surface area contributed by atoms with E-state index in [1.807, 2.05) is 51.1 Å². The van der Waals surface area contributed by atoms with E-state index in [0.29, 0.717) is 38.3 Å². The van der Waals surface area contributed by atoms with E-state index >= 15 is 0 Å². The molecule has 1 amide bonds. The SMILES string of the molecule is CCN(CC)S(=O)(=O)c1ccc(C)c(C(=O)N(Cc2ccccc2)CC2CCCO2)c1. The largest absolute Gasteiger partial charge is 0.376 e. The van der Waals surface area contributed by atoms with Crippen molar-refractivity contribution in [1.82, 2.24) is 9.21 Å². The van der Waals surface area contributed by atoms with Crippen molar-refractivity contribution in [1.29, 1.82) is 0 Å². The number of ether oxygens (including phenoxy) is 1. The molecule has 0 saturated carbocycles. The second-order valence-electron chi connectivity index (χ2n) is 7.87. The molecule has 0 aliphatic carbocycles. The summed E-state index contributed by atoms with van der Waals surface area (Å²) in [6.07, 6.45) is 1.93. The third-order valence-corrected chi connectivity index (χ3v) is 7.78. The van der Waals surface area contributed by atoms with Crippen molar-refractivity contribution in [3.8, 4) is 0 Å². The summed E-state index contributed by atoms with van der Waals surface area (Å²) < 4.78 is 33.2.